The molecule has 0 saturated carbocycles. The first-order valence-corrected chi connectivity index (χ1v) is 8.62. The first kappa shape index (κ1) is 18.8. The number of halogens is 2. The van der Waals surface area contributed by atoms with Crippen molar-refractivity contribution in [2.75, 3.05) is 7.11 Å². The Morgan fingerprint density at radius 2 is 1.88 bits per heavy atom. The third kappa shape index (κ3) is 4.12. The molecule has 134 valence electrons. The van der Waals surface area contributed by atoms with Crippen LogP contribution in [0.15, 0.2) is 35.2 Å². The molecule has 0 heterocycles. The van der Waals surface area contributed by atoms with Crippen molar-refractivity contribution in [3.8, 4) is 5.75 Å². The molecule has 0 aliphatic rings. The van der Waals surface area contributed by atoms with Crippen molar-refractivity contribution in [2.45, 2.75) is 18.4 Å². The van der Waals surface area contributed by atoms with Crippen LogP contribution in [-0.2, 0) is 16.6 Å². The zero-order valence-electron chi connectivity index (χ0n) is 13.5. The van der Waals surface area contributed by atoms with Gasteiger partial charge in [-0.3, -0.25) is 4.79 Å². The van der Waals surface area contributed by atoms with Gasteiger partial charge in [-0.15, -0.1) is 0 Å². The van der Waals surface area contributed by atoms with E-state index in [0.29, 0.717) is 5.56 Å². The molecule has 0 aliphatic carbocycles. The summed E-state index contributed by atoms with van der Waals surface area (Å²) in [7, 11) is -2.76. The Balaban J connectivity index is 2.23. The quantitative estimate of drug-likeness (QED) is 0.839. The minimum atomic E-state index is -3.97. The van der Waals surface area contributed by atoms with Gasteiger partial charge in [0.25, 0.3) is 5.91 Å². The summed E-state index contributed by atoms with van der Waals surface area (Å²) in [6.07, 6.45) is 0. The molecule has 0 fully saturated rings. The van der Waals surface area contributed by atoms with Gasteiger partial charge in [-0.25, -0.2) is 17.9 Å². The minimum absolute atomic E-state index is 0.0703. The number of hydrogen-bond donors (Lipinski definition) is 2. The Morgan fingerprint density at radius 1 is 1.20 bits per heavy atom. The number of carbonyl (C=O) groups is 1. The van der Waals surface area contributed by atoms with Gasteiger partial charge in [0.05, 0.1) is 12.0 Å². The summed E-state index contributed by atoms with van der Waals surface area (Å²) in [6, 6.07) is 6.37. The number of hydrogen-bond acceptors (Lipinski definition) is 4. The van der Waals surface area contributed by atoms with Crippen LogP contribution < -0.4 is 15.2 Å². The van der Waals surface area contributed by atoms with Gasteiger partial charge < -0.3 is 10.1 Å². The second-order valence-electron chi connectivity index (χ2n) is 5.26. The summed E-state index contributed by atoms with van der Waals surface area (Å²) in [5, 5.41) is 7.46. The molecule has 2 rings (SSSR count). The lowest BCUT2D eigenvalue weighted by Gasteiger charge is -2.11. The third-order valence-corrected chi connectivity index (χ3v) is 4.48. The van der Waals surface area contributed by atoms with Crippen molar-refractivity contribution in [1.82, 2.24) is 5.32 Å². The molecule has 6 nitrogen and oxygen atoms in total. The molecule has 0 radical (unpaired) electrons. The maximum absolute atomic E-state index is 13.9. The van der Waals surface area contributed by atoms with Gasteiger partial charge >= 0.3 is 0 Å². The van der Waals surface area contributed by atoms with Crippen molar-refractivity contribution in [1.29, 1.82) is 0 Å². The molecule has 0 saturated heterocycles. The lowest BCUT2D eigenvalue weighted by atomic mass is 10.1. The second kappa shape index (κ2) is 7.16. The number of nitrogens with one attached hydrogen (secondary N) is 1. The van der Waals surface area contributed by atoms with E-state index in [-0.39, 0.29) is 28.3 Å². The Labute approximate surface area is 143 Å². The monoisotopic (exact) mass is 370 g/mol. The van der Waals surface area contributed by atoms with Gasteiger partial charge in [0.2, 0.25) is 15.8 Å². The lowest BCUT2D eigenvalue weighted by molar-refractivity contribution is 0.0949. The molecule has 2 aromatic rings. The Hall–Kier alpha value is -2.52. The molecule has 25 heavy (non-hydrogen) atoms. The lowest BCUT2D eigenvalue weighted by Crippen LogP contribution is -2.25. The molecule has 0 aliphatic heterocycles. The van der Waals surface area contributed by atoms with E-state index in [4.69, 9.17) is 5.14 Å². The average molecular weight is 370 g/mol. The third-order valence-electron chi connectivity index (χ3n) is 3.57. The maximum Gasteiger partial charge on any atom is 0.251 e. The van der Waals surface area contributed by atoms with Crippen LogP contribution >= 0.6 is 0 Å². The average Bonchev–Trinajstić information content (AvgIpc) is 2.55. The molecule has 0 spiro atoms. The van der Waals surface area contributed by atoms with Gasteiger partial charge in [0, 0.05) is 17.7 Å². The van der Waals surface area contributed by atoms with Gasteiger partial charge in [-0.1, -0.05) is 12.1 Å². The summed E-state index contributed by atoms with van der Waals surface area (Å²) < 4.78 is 55.0. The molecule has 3 N–H and O–H groups in total. The number of amides is 1. The van der Waals surface area contributed by atoms with E-state index in [1.165, 1.54) is 31.4 Å². The van der Waals surface area contributed by atoms with E-state index in [1.807, 2.05) is 0 Å². The van der Waals surface area contributed by atoms with E-state index in [1.54, 1.807) is 6.92 Å². The van der Waals surface area contributed by atoms with E-state index < -0.39 is 27.6 Å². The smallest absolute Gasteiger partial charge is 0.251 e. The molecule has 0 unspecified atom stereocenters. The van der Waals surface area contributed by atoms with Crippen LogP contribution in [0, 0.1) is 18.6 Å². The fourth-order valence-corrected chi connectivity index (χ4v) is 2.70. The van der Waals surface area contributed by atoms with Crippen molar-refractivity contribution < 1.29 is 26.7 Å². The normalized spacial score (nSPS) is 11.2. The van der Waals surface area contributed by atoms with Crippen LogP contribution in [0.4, 0.5) is 8.78 Å². The van der Waals surface area contributed by atoms with Crippen LogP contribution in [0.3, 0.4) is 0 Å². The number of carbonyl (C=O) groups excluding carboxylic acids is 1. The van der Waals surface area contributed by atoms with Crippen molar-refractivity contribution in [3.05, 3.63) is 58.7 Å². The number of aryl methyl sites for hydroxylation is 1. The highest BCUT2D eigenvalue weighted by molar-refractivity contribution is 7.89. The zero-order valence-corrected chi connectivity index (χ0v) is 14.3. The minimum Gasteiger partial charge on any atom is -0.494 e. The standard InChI is InChI=1S/C16H16F2N2O4S/c1-9-3-5-11(25(19,22)23)7-12(9)16(21)20-8-10-4-6-13(24-2)15(18)14(10)17/h3-7H,8H2,1-2H3,(H,20,21)(H2,19,22,23). The maximum atomic E-state index is 13.9. The molecule has 2 aromatic carbocycles. The number of primary sulfonamides is 1. The highest BCUT2D eigenvalue weighted by Crippen LogP contribution is 2.22. The first-order chi connectivity index (χ1) is 11.6. The highest BCUT2D eigenvalue weighted by atomic mass is 32.2. The molecule has 0 atom stereocenters. The largest absolute Gasteiger partial charge is 0.494 e. The first-order valence-electron chi connectivity index (χ1n) is 7.07. The van der Waals surface area contributed by atoms with Gasteiger partial charge in [-0.05, 0) is 30.7 Å². The number of sulfonamides is 1. The van der Waals surface area contributed by atoms with Crippen LogP contribution in [0.2, 0.25) is 0 Å². The summed E-state index contributed by atoms with van der Waals surface area (Å²) in [4.78, 5) is 12.0. The van der Waals surface area contributed by atoms with E-state index in [2.05, 4.69) is 10.1 Å². The number of rotatable bonds is 5. The zero-order chi connectivity index (χ0) is 18.8. The number of nitrogens with two attached hydrogens (primary N) is 1. The van der Waals surface area contributed by atoms with Crippen molar-refractivity contribution in [3.63, 3.8) is 0 Å². The van der Waals surface area contributed by atoms with E-state index >= 15 is 0 Å². The Bertz CT molecular complexity index is 930. The number of ether oxygens (including phenoxy) is 1. The topological polar surface area (TPSA) is 98.5 Å². The second-order valence-corrected chi connectivity index (χ2v) is 6.82. The molecule has 0 bridgehead atoms. The summed E-state index contributed by atoms with van der Waals surface area (Å²) in [5.41, 5.74) is 0.499. The predicted molar refractivity (Wildman–Crippen MR) is 86.6 cm³/mol. The van der Waals surface area contributed by atoms with Gasteiger partial charge in [0.15, 0.2) is 11.6 Å². The number of benzene rings is 2. The van der Waals surface area contributed by atoms with E-state index in [0.717, 1.165) is 6.07 Å². The SMILES string of the molecule is COc1ccc(CNC(=O)c2cc(S(N)(=O)=O)ccc2C)c(F)c1F. The summed E-state index contributed by atoms with van der Waals surface area (Å²) in [5.74, 6) is -3.17. The summed E-state index contributed by atoms with van der Waals surface area (Å²) >= 11 is 0. The van der Waals surface area contributed by atoms with Crippen LogP contribution in [-0.4, -0.2) is 21.4 Å². The van der Waals surface area contributed by atoms with Gasteiger partial charge in [0.1, 0.15) is 0 Å². The molecule has 9 heteroatoms. The van der Waals surface area contributed by atoms with Crippen LogP contribution in [0.1, 0.15) is 21.5 Å². The molecular formula is C16H16F2N2O4S. The highest BCUT2D eigenvalue weighted by Gasteiger charge is 2.17. The van der Waals surface area contributed by atoms with Crippen LogP contribution in [0.5, 0.6) is 5.75 Å². The predicted octanol–water partition coefficient (Wildman–Crippen LogP) is 1.86. The Morgan fingerprint density at radius 3 is 2.48 bits per heavy atom. The number of methoxy groups -OCH3 is 1. The van der Waals surface area contributed by atoms with Crippen molar-refractivity contribution >= 4 is 15.9 Å². The fraction of sp³-hybridized carbons (Fsp3) is 0.188. The fourth-order valence-electron chi connectivity index (χ4n) is 2.16. The molecular weight excluding hydrogens is 354 g/mol. The summed E-state index contributed by atoms with van der Waals surface area (Å²) in [6.45, 7) is 1.32. The van der Waals surface area contributed by atoms with Crippen molar-refractivity contribution in [2.24, 2.45) is 5.14 Å². The van der Waals surface area contributed by atoms with Crippen LogP contribution in [0.25, 0.3) is 0 Å². The molecule has 0 aromatic heterocycles. The van der Waals surface area contributed by atoms with E-state index in [9.17, 15) is 22.0 Å². The Kier molecular flexibility index (Phi) is 5.39. The van der Waals surface area contributed by atoms with Gasteiger partial charge in [-0.2, -0.15) is 4.39 Å². The molecule has 1 amide bonds.